The van der Waals surface area contributed by atoms with Crippen LogP contribution in [0.15, 0.2) is 79.3 Å². The van der Waals surface area contributed by atoms with Crippen molar-refractivity contribution in [3.63, 3.8) is 0 Å². The number of amides is 1. The molecule has 0 fully saturated rings. The monoisotopic (exact) mass is 557 g/mol. The molecule has 0 aliphatic heterocycles. The van der Waals surface area contributed by atoms with Crippen LogP contribution in [0.4, 0.5) is 0 Å². The van der Waals surface area contributed by atoms with Crippen molar-refractivity contribution in [3.8, 4) is 6.07 Å². The van der Waals surface area contributed by atoms with Gasteiger partial charge < -0.3 is 9.88 Å². The van der Waals surface area contributed by atoms with Gasteiger partial charge in [-0.1, -0.05) is 74.9 Å². The average molecular weight is 558 g/mol. The Bertz CT molecular complexity index is 1600. The molecular formula is C31H35N5O3S. The third kappa shape index (κ3) is 7.34. The number of hydrogen-bond acceptors (Lipinski definition) is 5. The topological polar surface area (TPSA) is 108 Å². The number of rotatable bonds is 12. The van der Waals surface area contributed by atoms with Crippen LogP contribution < -0.4 is 5.32 Å². The van der Waals surface area contributed by atoms with Gasteiger partial charge in [-0.15, -0.1) is 0 Å². The maximum atomic E-state index is 13.2. The number of nitrogens with one attached hydrogen (secondary N) is 1. The molecule has 0 saturated heterocycles. The predicted octanol–water partition coefficient (Wildman–Crippen LogP) is 4.49. The van der Waals surface area contributed by atoms with Crippen molar-refractivity contribution < 1.29 is 13.2 Å². The Balaban J connectivity index is 1.48. The number of carbonyl (C=O) groups is 1. The Labute approximate surface area is 236 Å². The molecule has 1 heterocycles. The molecule has 0 aliphatic rings. The van der Waals surface area contributed by atoms with Crippen LogP contribution in [0.2, 0.25) is 0 Å². The van der Waals surface area contributed by atoms with Crippen LogP contribution in [0.1, 0.15) is 42.7 Å². The zero-order chi connectivity index (χ0) is 28.7. The maximum Gasteiger partial charge on any atom is 0.226 e. The number of aromatic nitrogens is 2. The van der Waals surface area contributed by atoms with Gasteiger partial charge in [0, 0.05) is 37.6 Å². The van der Waals surface area contributed by atoms with E-state index in [2.05, 4.69) is 16.4 Å². The summed E-state index contributed by atoms with van der Waals surface area (Å²) in [5.41, 5.74) is 3.26. The van der Waals surface area contributed by atoms with Crippen LogP contribution in [0.25, 0.3) is 10.8 Å². The van der Waals surface area contributed by atoms with Crippen LogP contribution in [0.5, 0.6) is 0 Å². The lowest BCUT2D eigenvalue weighted by Gasteiger charge is -2.30. The highest BCUT2D eigenvalue weighted by Gasteiger charge is 2.27. The molecule has 208 valence electrons. The number of nitriles is 1. The molecular weight excluding hydrogens is 522 g/mol. The molecule has 0 aliphatic carbocycles. The van der Waals surface area contributed by atoms with Crippen LogP contribution in [0, 0.1) is 17.2 Å². The molecule has 0 radical (unpaired) electrons. The summed E-state index contributed by atoms with van der Waals surface area (Å²) in [5, 5.41) is 14.2. The number of hydrogen-bond donors (Lipinski definition) is 1. The van der Waals surface area contributed by atoms with Crippen LogP contribution >= 0.6 is 0 Å². The fraction of sp³-hybridized carbons (Fsp3) is 0.323. The SMILES string of the molecule is CCC(C)C(CN(Cc1cccc2ccccc12)S(C)(=O)=O)NC(=O)Cc1cncn1Cc1ccc(C#N)cc1. The van der Waals surface area contributed by atoms with Crippen molar-refractivity contribution in [1.29, 1.82) is 5.26 Å². The van der Waals surface area contributed by atoms with Gasteiger partial charge in [-0.05, 0) is 39.9 Å². The molecule has 40 heavy (non-hydrogen) atoms. The summed E-state index contributed by atoms with van der Waals surface area (Å²) in [6, 6.07) is 22.9. The predicted molar refractivity (Wildman–Crippen MR) is 157 cm³/mol. The molecule has 2 atom stereocenters. The highest BCUT2D eigenvalue weighted by Crippen LogP contribution is 2.22. The van der Waals surface area contributed by atoms with Gasteiger partial charge in [-0.2, -0.15) is 9.57 Å². The largest absolute Gasteiger partial charge is 0.351 e. The maximum absolute atomic E-state index is 13.2. The van der Waals surface area contributed by atoms with Crippen molar-refractivity contribution in [1.82, 2.24) is 19.2 Å². The molecule has 1 amide bonds. The Morgan fingerprint density at radius 2 is 1.82 bits per heavy atom. The number of sulfonamides is 1. The van der Waals surface area contributed by atoms with Crippen LogP contribution in [-0.2, 0) is 34.3 Å². The Kier molecular flexibility index (Phi) is 9.35. The summed E-state index contributed by atoms with van der Waals surface area (Å²) in [5.74, 6) is -0.130. The van der Waals surface area contributed by atoms with Gasteiger partial charge in [0.15, 0.2) is 0 Å². The highest BCUT2D eigenvalue weighted by molar-refractivity contribution is 7.88. The molecule has 4 rings (SSSR count). The van der Waals surface area contributed by atoms with Gasteiger partial charge in [0.2, 0.25) is 15.9 Å². The molecule has 1 aromatic heterocycles. The standard InChI is InChI=1S/C31H35N5O3S/c1-4-23(2)30(21-36(40(3,38)39)20-27-10-7-9-26-8-5-6-11-29(26)27)34-31(37)16-28-18-33-22-35(28)19-25-14-12-24(17-32)13-15-25/h5-15,18,22-23,30H,4,16,19-21H2,1-3H3,(H,34,37). The van der Waals surface area contributed by atoms with E-state index in [0.29, 0.717) is 12.1 Å². The molecule has 2 unspecified atom stereocenters. The van der Waals surface area contributed by atoms with E-state index in [1.165, 1.54) is 10.6 Å². The molecule has 0 saturated carbocycles. The van der Waals surface area contributed by atoms with Gasteiger partial charge in [0.1, 0.15) is 0 Å². The fourth-order valence-electron chi connectivity index (χ4n) is 4.75. The van der Waals surface area contributed by atoms with E-state index in [-0.39, 0.29) is 37.4 Å². The molecule has 9 heteroatoms. The van der Waals surface area contributed by atoms with Crippen molar-refractivity contribution in [2.45, 2.75) is 45.8 Å². The lowest BCUT2D eigenvalue weighted by Crippen LogP contribution is -2.49. The molecule has 0 spiro atoms. The van der Waals surface area contributed by atoms with E-state index < -0.39 is 10.0 Å². The second kappa shape index (κ2) is 12.9. The smallest absolute Gasteiger partial charge is 0.226 e. The summed E-state index contributed by atoms with van der Waals surface area (Å²) in [6.07, 6.45) is 5.47. The van der Waals surface area contributed by atoms with E-state index in [1.807, 2.05) is 73.0 Å². The minimum Gasteiger partial charge on any atom is -0.351 e. The van der Waals surface area contributed by atoms with Crippen molar-refractivity contribution in [2.75, 3.05) is 12.8 Å². The number of carbonyl (C=O) groups excluding carboxylic acids is 1. The van der Waals surface area contributed by atoms with Crippen molar-refractivity contribution >= 4 is 26.7 Å². The second-order valence-electron chi connectivity index (χ2n) is 10.3. The first-order valence-corrected chi connectivity index (χ1v) is 15.2. The summed E-state index contributed by atoms with van der Waals surface area (Å²) in [7, 11) is -3.55. The third-order valence-corrected chi connectivity index (χ3v) is 8.57. The number of imidazole rings is 1. The second-order valence-corrected chi connectivity index (χ2v) is 12.2. The zero-order valence-corrected chi connectivity index (χ0v) is 23.9. The quantitative estimate of drug-likeness (QED) is 0.276. The summed E-state index contributed by atoms with van der Waals surface area (Å²) >= 11 is 0. The molecule has 0 bridgehead atoms. The molecule has 4 aromatic rings. The summed E-state index contributed by atoms with van der Waals surface area (Å²) in [6.45, 7) is 4.98. The molecule has 1 N–H and O–H groups in total. The fourth-order valence-corrected chi connectivity index (χ4v) is 5.56. The lowest BCUT2D eigenvalue weighted by atomic mass is 9.98. The average Bonchev–Trinajstić information content (AvgIpc) is 3.37. The highest BCUT2D eigenvalue weighted by atomic mass is 32.2. The van der Waals surface area contributed by atoms with Gasteiger partial charge in [0.25, 0.3) is 0 Å². The van der Waals surface area contributed by atoms with Crippen LogP contribution in [-0.4, -0.2) is 47.0 Å². The van der Waals surface area contributed by atoms with Crippen molar-refractivity contribution in [2.24, 2.45) is 5.92 Å². The van der Waals surface area contributed by atoms with Gasteiger partial charge >= 0.3 is 0 Å². The normalized spacial score (nSPS) is 13.2. The van der Waals surface area contributed by atoms with E-state index in [4.69, 9.17) is 5.26 Å². The molecule has 8 nitrogen and oxygen atoms in total. The Morgan fingerprint density at radius 3 is 2.52 bits per heavy atom. The third-order valence-electron chi connectivity index (χ3n) is 7.35. The van der Waals surface area contributed by atoms with E-state index in [1.54, 1.807) is 24.7 Å². The van der Waals surface area contributed by atoms with Crippen LogP contribution in [0.3, 0.4) is 0 Å². The Morgan fingerprint density at radius 1 is 1.10 bits per heavy atom. The van der Waals surface area contributed by atoms with Crippen molar-refractivity contribution in [3.05, 3.63) is 102 Å². The summed E-state index contributed by atoms with van der Waals surface area (Å²) in [4.78, 5) is 17.5. The minimum absolute atomic E-state index is 0.0595. The first-order valence-electron chi connectivity index (χ1n) is 13.4. The van der Waals surface area contributed by atoms with E-state index in [0.717, 1.165) is 34.0 Å². The summed E-state index contributed by atoms with van der Waals surface area (Å²) < 4.78 is 29.2. The number of fused-ring (bicyclic) bond motifs is 1. The van der Waals surface area contributed by atoms with E-state index in [9.17, 15) is 13.2 Å². The number of benzene rings is 3. The molecule has 3 aromatic carbocycles. The first-order chi connectivity index (χ1) is 19.2. The first kappa shape index (κ1) is 29.0. The Hall–Kier alpha value is -4.00. The lowest BCUT2D eigenvalue weighted by molar-refractivity contribution is -0.121. The van der Waals surface area contributed by atoms with E-state index >= 15 is 0 Å². The number of nitrogens with zero attached hydrogens (tertiary/aromatic N) is 4. The minimum atomic E-state index is -3.55. The van der Waals surface area contributed by atoms with Gasteiger partial charge in [0.05, 0.1) is 30.6 Å². The van der Waals surface area contributed by atoms with Gasteiger partial charge in [-0.3, -0.25) is 4.79 Å². The van der Waals surface area contributed by atoms with Gasteiger partial charge in [-0.25, -0.2) is 13.4 Å². The zero-order valence-electron chi connectivity index (χ0n) is 23.1.